The van der Waals surface area contributed by atoms with Crippen LogP contribution in [-0.4, -0.2) is 59.6 Å². The van der Waals surface area contributed by atoms with Crippen molar-refractivity contribution in [2.75, 3.05) is 32.8 Å². The molecule has 0 saturated carbocycles. The van der Waals surface area contributed by atoms with E-state index in [9.17, 15) is 9.59 Å². The number of amides is 2. The van der Waals surface area contributed by atoms with Gasteiger partial charge in [0.1, 0.15) is 5.75 Å². The van der Waals surface area contributed by atoms with E-state index in [0.717, 1.165) is 29.3 Å². The summed E-state index contributed by atoms with van der Waals surface area (Å²) in [7, 11) is 0. The molecule has 1 fully saturated rings. The average molecular weight is 388 g/mol. The number of benzene rings is 1. The van der Waals surface area contributed by atoms with Gasteiger partial charge in [0.2, 0.25) is 5.91 Å². The summed E-state index contributed by atoms with van der Waals surface area (Å²) >= 11 is 1.40. The molecule has 27 heavy (non-hydrogen) atoms. The van der Waals surface area contributed by atoms with Crippen molar-refractivity contribution in [3.8, 4) is 5.75 Å². The molecular weight excluding hydrogens is 362 g/mol. The number of rotatable bonds is 5. The van der Waals surface area contributed by atoms with Gasteiger partial charge in [-0.1, -0.05) is 31.5 Å². The highest BCUT2D eigenvalue weighted by molar-refractivity contribution is 8.18. The summed E-state index contributed by atoms with van der Waals surface area (Å²) in [5.41, 5.74) is 0.891. The van der Waals surface area contributed by atoms with Crippen molar-refractivity contribution in [3.05, 3.63) is 34.7 Å². The number of thioether (sulfide) groups is 1. The maximum Gasteiger partial charge on any atom is 0.286 e. The molecule has 2 aliphatic heterocycles. The maximum absolute atomic E-state index is 12.4. The van der Waals surface area contributed by atoms with Crippen LogP contribution in [0.25, 0.3) is 6.08 Å². The van der Waals surface area contributed by atoms with Gasteiger partial charge < -0.3 is 14.5 Å². The van der Waals surface area contributed by atoms with Crippen LogP contribution >= 0.6 is 11.8 Å². The van der Waals surface area contributed by atoms with Crippen molar-refractivity contribution in [1.82, 2.24) is 9.80 Å². The fourth-order valence-electron chi connectivity index (χ4n) is 2.94. The molecule has 2 heterocycles. The summed E-state index contributed by atoms with van der Waals surface area (Å²) in [5, 5.41) is 0.721. The molecule has 0 aliphatic carbocycles. The lowest BCUT2D eigenvalue weighted by Crippen LogP contribution is -2.49. The first kappa shape index (κ1) is 19.5. The number of hydrogen-bond donors (Lipinski definition) is 0. The number of para-hydroxylation sites is 1. The van der Waals surface area contributed by atoms with Crippen LogP contribution in [0, 0.1) is 0 Å². The number of carbonyl (C=O) groups is 2. The van der Waals surface area contributed by atoms with Gasteiger partial charge in [0.25, 0.3) is 5.91 Å². The highest BCUT2D eigenvalue weighted by atomic mass is 32.2. The second-order valence-electron chi connectivity index (χ2n) is 6.54. The number of amidine groups is 1. The average Bonchev–Trinajstić information content (AvgIpc) is 3.04. The van der Waals surface area contributed by atoms with E-state index < -0.39 is 0 Å². The van der Waals surface area contributed by atoms with E-state index in [2.05, 4.69) is 16.8 Å². The van der Waals surface area contributed by atoms with Gasteiger partial charge in [-0.3, -0.25) is 9.59 Å². The third-order valence-corrected chi connectivity index (χ3v) is 5.61. The van der Waals surface area contributed by atoms with Crippen LogP contribution in [0.4, 0.5) is 0 Å². The first-order valence-corrected chi connectivity index (χ1v) is 10.1. The SMILES string of the molecule is CCCCOc1ccccc1/C=C1\SC(N2CCN(C(C)=O)CC2)=NC1=O. The Bertz CT molecular complexity index is 767. The maximum atomic E-state index is 12.4. The molecule has 1 aromatic rings. The number of aliphatic imine (C=N–C) groups is 1. The van der Waals surface area contributed by atoms with Crippen LogP contribution < -0.4 is 4.74 Å². The molecule has 0 unspecified atom stereocenters. The fraction of sp³-hybridized carbons (Fsp3) is 0.450. The van der Waals surface area contributed by atoms with Crippen LogP contribution in [-0.2, 0) is 9.59 Å². The van der Waals surface area contributed by atoms with Crippen LogP contribution in [0.2, 0.25) is 0 Å². The molecule has 2 amide bonds. The number of nitrogens with zero attached hydrogens (tertiary/aromatic N) is 3. The van der Waals surface area contributed by atoms with Crippen LogP contribution in [0.1, 0.15) is 32.3 Å². The van der Waals surface area contributed by atoms with E-state index in [0.29, 0.717) is 37.7 Å². The fourth-order valence-corrected chi connectivity index (χ4v) is 3.90. The van der Waals surface area contributed by atoms with Crippen LogP contribution in [0.15, 0.2) is 34.2 Å². The lowest BCUT2D eigenvalue weighted by atomic mass is 10.2. The molecule has 7 heteroatoms. The lowest BCUT2D eigenvalue weighted by Gasteiger charge is -2.34. The Morgan fingerprint density at radius 2 is 2.00 bits per heavy atom. The van der Waals surface area contributed by atoms with Gasteiger partial charge in [0.15, 0.2) is 5.17 Å². The molecule has 0 aromatic heterocycles. The molecule has 0 radical (unpaired) electrons. The monoisotopic (exact) mass is 387 g/mol. The molecule has 0 spiro atoms. The standard InChI is InChI=1S/C20H25N3O3S/c1-3-4-13-26-17-8-6-5-7-16(17)14-18-19(25)21-20(27-18)23-11-9-22(10-12-23)15(2)24/h5-8,14H,3-4,9-13H2,1-2H3/b18-14-. The predicted octanol–water partition coefficient (Wildman–Crippen LogP) is 3.00. The molecule has 0 bridgehead atoms. The van der Waals surface area contributed by atoms with Gasteiger partial charge in [0, 0.05) is 38.7 Å². The summed E-state index contributed by atoms with van der Waals surface area (Å²) in [6.45, 7) is 7.10. The minimum absolute atomic E-state index is 0.0898. The molecule has 1 saturated heterocycles. The van der Waals surface area contributed by atoms with Crippen molar-refractivity contribution in [1.29, 1.82) is 0 Å². The third kappa shape index (κ3) is 4.91. The highest BCUT2D eigenvalue weighted by Gasteiger charge is 2.29. The predicted molar refractivity (Wildman–Crippen MR) is 109 cm³/mol. The Kier molecular flexibility index (Phi) is 6.55. The largest absolute Gasteiger partial charge is 0.493 e. The Morgan fingerprint density at radius 1 is 1.26 bits per heavy atom. The molecule has 1 aromatic carbocycles. The normalized spacial score (nSPS) is 18.8. The zero-order chi connectivity index (χ0) is 19.2. The smallest absolute Gasteiger partial charge is 0.286 e. The Labute approximate surface area is 164 Å². The molecule has 2 aliphatic rings. The van der Waals surface area contributed by atoms with Crippen LogP contribution in [0.5, 0.6) is 5.75 Å². The van der Waals surface area contributed by atoms with E-state index in [1.54, 1.807) is 6.92 Å². The first-order chi connectivity index (χ1) is 13.1. The minimum Gasteiger partial charge on any atom is -0.493 e. The minimum atomic E-state index is -0.215. The van der Waals surface area contributed by atoms with Crippen LogP contribution in [0.3, 0.4) is 0 Å². The van der Waals surface area contributed by atoms with Gasteiger partial charge in [0.05, 0.1) is 11.5 Å². The number of ether oxygens (including phenoxy) is 1. The Balaban J connectivity index is 1.67. The van der Waals surface area contributed by atoms with E-state index in [1.807, 2.05) is 35.2 Å². The number of piperazine rings is 1. The van der Waals surface area contributed by atoms with Gasteiger partial charge in [-0.05, 0) is 30.3 Å². The quantitative estimate of drug-likeness (QED) is 0.574. The van der Waals surface area contributed by atoms with E-state index in [4.69, 9.17) is 4.74 Å². The molecular formula is C20H25N3O3S. The van der Waals surface area contributed by atoms with Crippen molar-refractivity contribution >= 4 is 34.8 Å². The summed E-state index contributed by atoms with van der Waals surface area (Å²) in [6.07, 6.45) is 3.93. The van der Waals surface area contributed by atoms with E-state index in [-0.39, 0.29) is 11.8 Å². The first-order valence-electron chi connectivity index (χ1n) is 9.33. The lowest BCUT2D eigenvalue weighted by molar-refractivity contribution is -0.130. The van der Waals surface area contributed by atoms with Gasteiger partial charge in [-0.15, -0.1) is 0 Å². The van der Waals surface area contributed by atoms with Gasteiger partial charge in [-0.25, -0.2) is 0 Å². The van der Waals surface area contributed by atoms with Gasteiger partial charge in [-0.2, -0.15) is 4.99 Å². The zero-order valence-corrected chi connectivity index (χ0v) is 16.6. The Morgan fingerprint density at radius 3 is 2.70 bits per heavy atom. The molecule has 0 N–H and O–H groups in total. The zero-order valence-electron chi connectivity index (χ0n) is 15.8. The molecule has 6 nitrogen and oxygen atoms in total. The Hall–Kier alpha value is -2.28. The molecule has 144 valence electrons. The summed E-state index contributed by atoms with van der Waals surface area (Å²) in [4.78, 5) is 32.5. The van der Waals surface area contributed by atoms with Crippen molar-refractivity contribution in [3.63, 3.8) is 0 Å². The number of unbranched alkanes of at least 4 members (excludes halogenated alkanes) is 1. The van der Waals surface area contributed by atoms with Crippen molar-refractivity contribution < 1.29 is 14.3 Å². The summed E-state index contributed by atoms with van der Waals surface area (Å²) < 4.78 is 5.85. The molecule has 0 atom stereocenters. The van der Waals surface area contributed by atoms with E-state index in [1.165, 1.54) is 11.8 Å². The number of carbonyl (C=O) groups excluding carboxylic acids is 2. The highest BCUT2D eigenvalue weighted by Crippen LogP contribution is 2.32. The van der Waals surface area contributed by atoms with Gasteiger partial charge >= 0.3 is 0 Å². The molecule has 3 rings (SSSR count). The summed E-state index contributed by atoms with van der Waals surface area (Å²) in [5.74, 6) is 0.662. The topological polar surface area (TPSA) is 62.2 Å². The summed E-state index contributed by atoms with van der Waals surface area (Å²) in [6, 6.07) is 7.75. The third-order valence-electron chi connectivity index (χ3n) is 4.57. The number of hydrogen-bond acceptors (Lipinski definition) is 5. The van der Waals surface area contributed by atoms with Crippen molar-refractivity contribution in [2.45, 2.75) is 26.7 Å². The van der Waals surface area contributed by atoms with E-state index >= 15 is 0 Å². The van der Waals surface area contributed by atoms with Crippen molar-refractivity contribution in [2.24, 2.45) is 4.99 Å². The second-order valence-corrected chi connectivity index (χ2v) is 7.55. The second kappa shape index (κ2) is 9.08.